The Labute approximate surface area is 179 Å². The quantitative estimate of drug-likeness (QED) is 0.250. The number of unbranched alkanes of at least 4 members (excludes halogenated alkanes) is 2. The van der Waals surface area contributed by atoms with E-state index in [0.717, 1.165) is 25.3 Å². The van der Waals surface area contributed by atoms with Gasteiger partial charge in [0, 0.05) is 13.1 Å². The first-order chi connectivity index (χ1) is 14.8. The molecule has 8 heteroatoms. The van der Waals surface area contributed by atoms with Crippen molar-refractivity contribution < 1.29 is 31.8 Å². The number of allylic oxidation sites excluding steroid dienone is 4. The third-order valence-electron chi connectivity index (χ3n) is 4.41. The Morgan fingerprint density at radius 3 is 2.61 bits per heavy atom. The van der Waals surface area contributed by atoms with E-state index in [4.69, 9.17) is 4.74 Å². The van der Waals surface area contributed by atoms with Crippen LogP contribution in [0.3, 0.4) is 0 Å². The second-order valence-corrected chi connectivity index (χ2v) is 6.87. The number of halogens is 4. The Morgan fingerprint density at radius 2 is 1.87 bits per heavy atom. The van der Waals surface area contributed by atoms with Gasteiger partial charge in [-0.3, -0.25) is 4.79 Å². The fourth-order valence-corrected chi connectivity index (χ4v) is 2.94. The Balaban J connectivity index is 2.01. The molecule has 1 amide bonds. The molecule has 0 saturated carbocycles. The van der Waals surface area contributed by atoms with E-state index in [0.29, 0.717) is 25.3 Å². The molecule has 1 aromatic rings. The molecule has 0 radical (unpaired) electrons. The number of carbonyl (C=O) groups excluding carboxylic acids is 1. The normalized spacial score (nSPS) is 13.3. The molecule has 0 atom stereocenters. The Kier molecular flexibility index (Phi) is 9.44. The molecule has 4 nitrogen and oxygen atoms in total. The van der Waals surface area contributed by atoms with Crippen LogP contribution < -0.4 is 4.74 Å². The van der Waals surface area contributed by atoms with E-state index in [1.54, 1.807) is 0 Å². The van der Waals surface area contributed by atoms with E-state index in [9.17, 15) is 22.4 Å². The monoisotopic (exact) mass is 439 g/mol. The highest BCUT2D eigenvalue weighted by Gasteiger charge is 2.33. The molecule has 0 N–H and O–H groups in total. The predicted octanol–water partition coefficient (Wildman–Crippen LogP) is 5.77. The SMILES string of the molecule is CCCCCN(CCCOC1=CC=C(F)C#CC1)C(=O)c1ccccc1OC(F)(F)F. The number of amides is 1. The van der Waals surface area contributed by atoms with Gasteiger partial charge in [0.25, 0.3) is 5.91 Å². The molecule has 0 heterocycles. The lowest BCUT2D eigenvalue weighted by molar-refractivity contribution is -0.274. The van der Waals surface area contributed by atoms with Gasteiger partial charge < -0.3 is 14.4 Å². The minimum Gasteiger partial charge on any atom is -0.497 e. The average molecular weight is 439 g/mol. The fourth-order valence-electron chi connectivity index (χ4n) is 2.94. The van der Waals surface area contributed by atoms with Gasteiger partial charge >= 0.3 is 6.36 Å². The maximum atomic E-state index is 13.1. The van der Waals surface area contributed by atoms with E-state index in [1.165, 1.54) is 35.3 Å². The van der Waals surface area contributed by atoms with Crippen LogP contribution in [-0.4, -0.2) is 36.9 Å². The second kappa shape index (κ2) is 12.0. The summed E-state index contributed by atoms with van der Waals surface area (Å²) in [6.07, 6.45) is 1.15. The zero-order chi connectivity index (χ0) is 22.7. The topological polar surface area (TPSA) is 38.8 Å². The number of alkyl halides is 3. The van der Waals surface area contributed by atoms with Crippen LogP contribution in [0.5, 0.6) is 5.75 Å². The average Bonchev–Trinajstić information content (AvgIpc) is 2.92. The van der Waals surface area contributed by atoms with Crippen molar-refractivity contribution in [3.05, 3.63) is 53.6 Å². The number of hydrogen-bond donors (Lipinski definition) is 0. The predicted molar refractivity (Wildman–Crippen MR) is 109 cm³/mol. The number of benzene rings is 1. The number of nitrogens with zero attached hydrogens (tertiary/aromatic N) is 1. The van der Waals surface area contributed by atoms with Crippen molar-refractivity contribution in [2.45, 2.75) is 45.4 Å². The highest BCUT2D eigenvalue weighted by atomic mass is 19.4. The van der Waals surface area contributed by atoms with Crippen LogP contribution in [0.1, 0.15) is 49.4 Å². The lowest BCUT2D eigenvalue weighted by Crippen LogP contribution is -2.34. The van der Waals surface area contributed by atoms with E-state index < -0.39 is 23.8 Å². The largest absolute Gasteiger partial charge is 0.573 e. The molecule has 0 spiro atoms. The third kappa shape index (κ3) is 8.75. The lowest BCUT2D eigenvalue weighted by atomic mass is 10.1. The molecule has 0 fully saturated rings. The summed E-state index contributed by atoms with van der Waals surface area (Å²) in [7, 11) is 0. The van der Waals surface area contributed by atoms with Gasteiger partial charge in [0.1, 0.15) is 11.5 Å². The maximum absolute atomic E-state index is 13.1. The van der Waals surface area contributed by atoms with E-state index in [2.05, 4.69) is 16.6 Å². The lowest BCUT2D eigenvalue weighted by Gasteiger charge is -2.24. The van der Waals surface area contributed by atoms with E-state index in [-0.39, 0.29) is 18.6 Å². The van der Waals surface area contributed by atoms with E-state index >= 15 is 0 Å². The van der Waals surface area contributed by atoms with Crippen LogP contribution >= 0.6 is 0 Å². The first-order valence-electron chi connectivity index (χ1n) is 10.1. The van der Waals surface area contributed by atoms with Crippen LogP contribution in [0.25, 0.3) is 0 Å². The van der Waals surface area contributed by atoms with Gasteiger partial charge in [-0.25, -0.2) is 0 Å². The summed E-state index contributed by atoms with van der Waals surface area (Å²) in [5.41, 5.74) is -0.139. The van der Waals surface area contributed by atoms with Gasteiger partial charge in [0.2, 0.25) is 0 Å². The first-order valence-corrected chi connectivity index (χ1v) is 10.1. The molecule has 1 aliphatic rings. The van der Waals surface area contributed by atoms with Gasteiger partial charge in [-0.2, -0.15) is 4.39 Å². The summed E-state index contributed by atoms with van der Waals surface area (Å²) in [5, 5.41) is 0. The molecule has 0 unspecified atom stereocenters. The van der Waals surface area contributed by atoms with Gasteiger partial charge in [-0.15, -0.1) is 13.2 Å². The maximum Gasteiger partial charge on any atom is 0.573 e. The summed E-state index contributed by atoms with van der Waals surface area (Å²) in [6, 6.07) is 5.33. The van der Waals surface area contributed by atoms with Crippen molar-refractivity contribution in [3.63, 3.8) is 0 Å². The molecule has 0 bridgehead atoms. The Hall–Kier alpha value is -2.95. The van der Waals surface area contributed by atoms with Gasteiger partial charge in [0.05, 0.1) is 18.6 Å². The van der Waals surface area contributed by atoms with Crippen molar-refractivity contribution in [3.8, 4) is 17.6 Å². The highest BCUT2D eigenvalue weighted by Crippen LogP contribution is 2.27. The van der Waals surface area contributed by atoms with E-state index in [1.807, 2.05) is 6.92 Å². The summed E-state index contributed by atoms with van der Waals surface area (Å²) in [4.78, 5) is 14.5. The van der Waals surface area contributed by atoms with Crippen molar-refractivity contribution >= 4 is 5.91 Å². The molecular weight excluding hydrogens is 414 g/mol. The van der Waals surface area contributed by atoms with Gasteiger partial charge in [-0.05, 0) is 43.0 Å². The summed E-state index contributed by atoms with van der Waals surface area (Å²) in [6.45, 7) is 3.00. The molecule has 1 aromatic carbocycles. The van der Waals surface area contributed by atoms with Gasteiger partial charge in [0.15, 0.2) is 5.83 Å². The van der Waals surface area contributed by atoms with Crippen molar-refractivity contribution in [1.82, 2.24) is 4.90 Å². The van der Waals surface area contributed by atoms with Crippen LogP contribution in [-0.2, 0) is 4.74 Å². The zero-order valence-electron chi connectivity index (χ0n) is 17.3. The minimum atomic E-state index is -4.89. The van der Waals surface area contributed by atoms with Crippen LogP contribution in [0, 0.1) is 11.8 Å². The smallest absolute Gasteiger partial charge is 0.497 e. The first kappa shape index (κ1) is 24.3. The number of ether oxygens (including phenoxy) is 2. The molecule has 168 valence electrons. The summed E-state index contributed by atoms with van der Waals surface area (Å²) < 4.78 is 60.9. The fraction of sp³-hybridized carbons (Fsp3) is 0.435. The Morgan fingerprint density at radius 1 is 1.13 bits per heavy atom. The molecule has 1 aliphatic carbocycles. The van der Waals surface area contributed by atoms with Crippen molar-refractivity contribution in [1.29, 1.82) is 0 Å². The molecular formula is C23H25F4NO3. The van der Waals surface area contributed by atoms with Crippen LogP contribution in [0.15, 0.2) is 48.0 Å². The standard InChI is InChI=1S/C23H25F4NO3/c1-2-3-6-15-28(16-8-17-30-19-10-7-9-18(24)13-14-19)22(29)20-11-4-5-12-21(20)31-23(25,26)27/h4-5,11-14H,2-3,6,8,10,15-17H2,1H3. The summed E-state index contributed by atoms with van der Waals surface area (Å²) >= 11 is 0. The third-order valence-corrected chi connectivity index (χ3v) is 4.41. The Bertz CT molecular complexity index is 866. The molecule has 0 aliphatic heterocycles. The molecule has 0 saturated heterocycles. The highest BCUT2D eigenvalue weighted by molar-refractivity contribution is 5.97. The van der Waals surface area contributed by atoms with Crippen LogP contribution in [0.2, 0.25) is 0 Å². The number of para-hydroxylation sites is 1. The number of rotatable bonds is 11. The van der Waals surface area contributed by atoms with Crippen LogP contribution in [0.4, 0.5) is 17.6 Å². The molecule has 2 rings (SSSR count). The number of carbonyl (C=O) groups is 1. The second-order valence-electron chi connectivity index (χ2n) is 6.87. The molecule has 31 heavy (non-hydrogen) atoms. The molecule has 0 aromatic heterocycles. The summed E-state index contributed by atoms with van der Waals surface area (Å²) in [5.74, 6) is 3.91. The minimum absolute atomic E-state index is 0.139. The zero-order valence-corrected chi connectivity index (χ0v) is 17.3. The van der Waals surface area contributed by atoms with Crippen molar-refractivity contribution in [2.75, 3.05) is 19.7 Å². The number of hydrogen-bond acceptors (Lipinski definition) is 3. The van der Waals surface area contributed by atoms with Crippen molar-refractivity contribution in [2.24, 2.45) is 0 Å². The van der Waals surface area contributed by atoms with Gasteiger partial charge in [-0.1, -0.05) is 37.8 Å².